The lowest BCUT2D eigenvalue weighted by Crippen LogP contribution is -2.36. The van der Waals surface area contributed by atoms with Crippen LogP contribution in [0.5, 0.6) is 0 Å². The van der Waals surface area contributed by atoms with E-state index in [0.29, 0.717) is 20.8 Å². The van der Waals surface area contributed by atoms with Crippen LogP contribution >= 0.6 is 0 Å². The van der Waals surface area contributed by atoms with E-state index in [-0.39, 0.29) is 0 Å². The minimum Gasteiger partial charge on any atom is -0.618 e. The maximum atomic E-state index is 11.6. The second-order valence-corrected chi connectivity index (χ2v) is 3.28. The Morgan fingerprint density at radius 1 is 0.933 bits per heavy atom. The molecule has 0 atom stereocenters. The first-order chi connectivity index (χ1) is 7.20. The Kier molecular flexibility index (Phi) is 2.25. The van der Waals surface area contributed by atoms with E-state index in [2.05, 4.69) is 0 Å². The number of pyridine rings is 2. The first-order valence-electron chi connectivity index (χ1n) is 4.57. The normalized spacial score (nSPS) is 10.2. The first kappa shape index (κ1) is 9.45. The van der Waals surface area contributed by atoms with Gasteiger partial charge in [0.2, 0.25) is 0 Å². The first-order valence-corrected chi connectivity index (χ1v) is 4.57. The molecule has 0 amide bonds. The summed E-state index contributed by atoms with van der Waals surface area (Å²) in [7, 11) is 0. The zero-order valence-electron chi connectivity index (χ0n) is 8.25. The highest BCUT2D eigenvalue weighted by atomic mass is 16.5. The molecule has 4 heteroatoms. The van der Waals surface area contributed by atoms with E-state index in [0.717, 1.165) is 5.56 Å². The molecule has 15 heavy (non-hydrogen) atoms. The van der Waals surface area contributed by atoms with E-state index in [9.17, 15) is 10.4 Å². The molecule has 76 valence electrons. The molecule has 2 aromatic rings. The average molecular weight is 202 g/mol. The summed E-state index contributed by atoms with van der Waals surface area (Å²) >= 11 is 0. The molecule has 0 bridgehead atoms. The Hall–Kier alpha value is -2.10. The van der Waals surface area contributed by atoms with Crippen LogP contribution in [0.3, 0.4) is 0 Å². The molecule has 0 aliphatic carbocycles. The van der Waals surface area contributed by atoms with Gasteiger partial charge in [-0.25, -0.2) is 0 Å². The van der Waals surface area contributed by atoms with Gasteiger partial charge in [0.25, 0.3) is 11.4 Å². The Morgan fingerprint density at radius 2 is 1.67 bits per heavy atom. The third-order valence-electron chi connectivity index (χ3n) is 2.23. The molecule has 0 N–H and O–H groups in total. The summed E-state index contributed by atoms with van der Waals surface area (Å²) in [6.45, 7) is 1.80. The zero-order valence-corrected chi connectivity index (χ0v) is 8.25. The SMILES string of the molecule is Cc1ccc[n+]([O-])c1-c1cccc[n+]1[O-]. The molecule has 0 radical (unpaired) electrons. The van der Waals surface area contributed by atoms with Gasteiger partial charge in [0.15, 0.2) is 12.4 Å². The topological polar surface area (TPSA) is 53.9 Å². The van der Waals surface area contributed by atoms with Crippen molar-refractivity contribution in [1.29, 1.82) is 0 Å². The number of hydrogen-bond donors (Lipinski definition) is 0. The van der Waals surface area contributed by atoms with Crippen molar-refractivity contribution in [1.82, 2.24) is 0 Å². The minimum atomic E-state index is 0.366. The Morgan fingerprint density at radius 3 is 2.33 bits per heavy atom. The number of rotatable bonds is 1. The van der Waals surface area contributed by atoms with Gasteiger partial charge in [0, 0.05) is 23.8 Å². The maximum Gasteiger partial charge on any atom is 0.292 e. The predicted molar refractivity (Wildman–Crippen MR) is 54.5 cm³/mol. The van der Waals surface area contributed by atoms with E-state index in [1.807, 2.05) is 0 Å². The van der Waals surface area contributed by atoms with Crippen molar-refractivity contribution in [3.63, 3.8) is 0 Å². The van der Waals surface area contributed by atoms with Crippen LogP contribution in [-0.2, 0) is 0 Å². The monoisotopic (exact) mass is 202 g/mol. The standard InChI is InChI=1S/C11H10N2O2/c1-9-5-4-8-13(15)11(9)10-6-2-3-7-12(10)14/h2-8H,1H3. The van der Waals surface area contributed by atoms with Gasteiger partial charge in [-0.3, -0.25) is 0 Å². The molecule has 0 saturated heterocycles. The van der Waals surface area contributed by atoms with Crippen molar-refractivity contribution in [2.45, 2.75) is 6.92 Å². The van der Waals surface area contributed by atoms with Gasteiger partial charge < -0.3 is 10.4 Å². The van der Waals surface area contributed by atoms with Crippen LogP contribution in [0.15, 0.2) is 42.7 Å². The second kappa shape index (κ2) is 3.57. The van der Waals surface area contributed by atoms with Crippen LogP contribution in [0.4, 0.5) is 0 Å². The van der Waals surface area contributed by atoms with Crippen molar-refractivity contribution < 1.29 is 9.46 Å². The van der Waals surface area contributed by atoms with Crippen LogP contribution < -0.4 is 9.46 Å². The van der Waals surface area contributed by atoms with Crippen LogP contribution in [0.2, 0.25) is 0 Å². The molecule has 0 fully saturated rings. The quantitative estimate of drug-likeness (QED) is 0.510. The largest absolute Gasteiger partial charge is 0.618 e. The average Bonchev–Trinajstić information content (AvgIpc) is 2.20. The highest BCUT2D eigenvalue weighted by Crippen LogP contribution is 2.14. The molecule has 0 aliphatic heterocycles. The van der Waals surface area contributed by atoms with Gasteiger partial charge in [-0.2, -0.15) is 9.46 Å². The minimum absolute atomic E-state index is 0.366. The summed E-state index contributed by atoms with van der Waals surface area (Å²) in [5.74, 6) is 0. The fraction of sp³-hybridized carbons (Fsp3) is 0.0909. The van der Waals surface area contributed by atoms with Gasteiger partial charge in [-0.1, -0.05) is 0 Å². The van der Waals surface area contributed by atoms with E-state index in [1.54, 1.807) is 37.3 Å². The van der Waals surface area contributed by atoms with E-state index < -0.39 is 0 Å². The number of nitrogens with zero attached hydrogens (tertiary/aromatic N) is 2. The molecule has 2 aromatic heterocycles. The molecule has 2 rings (SSSR count). The van der Waals surface area contributed by atoms with Gasteiger partial charge in [0.05, 0.1) is 0 Å². The van der Waals surface area contributed by atoms with Crippen molar-refractivity contribution in [2.24, 2.45) is 0 Å². The number of hydrogen-bond acceptors (Lipinski definition) is 2. The van der Waals surface area contributed by atoms with Crippen molar-refractivity contribution in [3.8, 4) is 11.4 Å². The van der Waals surface area contributed by atoms with Crippen LogP contribution in [0.25, 0.3) is 11.4 Å². The van der Waals surface area contributed by atoms with E-state index in [4.69, 9.17) is 0 Å². The Balaban J connectivity index is 2.69. The van der Waals surface area contributed by atoms with E-state index >= 15 is 0 Å². The molecule has 2 heterocycles. The van der Waals surface area contributed by atoms with Crippen LogP contribution in [0, 0.1) is 17.3 Å². The lowest BCUT2D eigenvalue weighted by atomic mass is 10.1. The van der Waals surface area contributed by atoms with Crippen molar-refractivity contribution >= 4 is 0 Å². The molecule has 0 unspecified atom stereocenters. The smallest absolute Gasteiger partial charge is 0.292 e. The molecule has 0 aromatic carbocycles. The summed E-state index contributed by atoms with van der Waals surface area (Å²) in [5.41, 5.74) is 1.54. The molecule has 4 nitrogen and oxygen atoms in total. The lowest BCUT2D eigenvalue weighted by Gasteiger charge is -2.06. The zero-order chi connectivity index (χ0) is 10.8. The lowest BCUT2D eigenvalue weighted by molar-refractivity contribution is -0.625. The summed E-state index contributed by atoms with van der Waals surface area (Å²) in [6.07, 6.45) is 2.76. The fourth-order valence-corrected chi connectivity index (χ4v) is 1.52. The highest BCUT2D eigenvalue weighted by molar-refractivity contribution is 5.51. The third kappa shape index (κ3) is 1.61. The fourth-order valence-electron chi connectivity index (χ4n) is 1.52. The van der Waals surface area contributed by atoms with Gasteiger partial charge in [-0.05, 0) is 19.1 Å². The summed E-state index contributed by atoms with van der Waals surface area (Å²) in [4.78, 5) is 0. The van der Waals surface area contributed by atoms with Gasteiger partial charge >= 0.3 is 0 Å². The highest BCUT2D eigenvalue weighted by Gasteiger charge is 2.19. The number of aromatic nitrogens is 2. The van der Waals surface area contributed by atoms with Crippen molar-refractivity contribution in [2.75, 3.05) is 0 Å². The molecule has 0 aliphatic rings. The summed E-state index contributed by atoms with van der Waals surface area (Å²) in [6, 6.07) is 8.45. The molecule has 0 spiro atoms. The van der Waals surface area contributed by atoms with Crippen molar-refractivity contribution in [3.05, 3.63) is 58.7 Å². The summed E-state index contributed by atoms with van der Waals surface area (Å²) in [5, 5.41) is 23.0. The molecular formula is C11H10N2O2. The van der Waals surface area contributed by atoms with Gasteiger partial charge in [0.1, 0.15) is 0 Å². The number of aryl methyl sites for hydroxylation is 1. The Bertz CT molecular complexity index is 477. The molecule has 0 saturated carbocycles. The second-order valence-electron chi connectivity index (χ2n) is 3.28. The maximum absolute atomic E-state index is 11.6. The van der Waals surface area contributed by atoms with Crippen LogP contribution in [-0.4, -0.2) is 0 Å². The third-order valence-corrected chi connectivity index (χ3v) is 2.23. The Labute approximate surface area is 87.2 Å². The molecular weight excluding hydrogens is 192 g/mol. The predicted octanol–water partition coefficient (Wildman–Crippen LogP) is 0.929. The van der Waals surface area contributed by atoms with Gasteiger partial charge in [-0.15, -0.1) is 0 Å². The summed E-state index contributed by atoms with van der Waals surface area (Å²) < 4.78 is 1.40. The van der Waals surface area contributed by atoms with Crippen LogP contribution in [0.1, 0.15) is 5.56 Å². The van der Waals surface area contributed by atoms with E-state index in [1.165, 1.54) is 12.4 Å².